The largest absolute Gasteiger partial charge is 0.385 e. The number of amides is 1. The van der Waals surface area contributed by atoms with E-state index >= 15 is 0 Å². The Hall–Kier alpha value is -2.37. The molecule has 0 spiro atoms. The number of nitrogens with one attached hydrogen (secondary N) is 2. The third-order valence-corrected chi connectivity index (χ3v) is 2.96. The zero-order valence-corrected chi connectivity index (χ0v) is 11.8. The quantitative estimate of drug-likeness (QED) is 0.830. The van der Waals surface area contributed by atoms with Crippen molar-refractivity contribution in [1.82, 2.24) is 20.1 Å². The van der Waals surface area contributed by atoms with Gasteiger partial charge in [-0.1, -0.05) is 0 Å². The fourth-order valence-electron chi connectivity index (χ4n) is 1.91. The van der Waals surface area contributed by atoms with Crippen LogP contribution in [-0.4, -0.2) is 33.8 Å². The van der Waals surface area contributed by atoms with Gasteiger partial charge in [-0.05, 0) is 25.1 Å². The van der Waals surface area contributed by atoms with Crippen LogP contribution in [0.3, 0.4) is 0 Å². The van der Waals surface area contributed by atoms with Gasteiger partial charge in [0, 0.05) is 50.3 Å². The minimum absolute atomic E-state index is 0.160. The third-order valence-electron chi connectivity index (χ3n) is 2.96. The lowest BCUT2D eigenvalue weighted by Gasteiger charge is -2.07. The Morgan fingerprint density at radius 3 is 2.90 bits per heavy atom. The summed E-state index contributed by atoms with van der Waals surface area (Å²) in [6.45, 7) is 3.38. The zero-order chi connectivity index (χ0) is 14.4. The zero-order valence-electron chi connectivity index (χ0n) is 11.8. The van der Waals surface area contributed by atoms with Crippen molar-refractivity contribution in [2.24, 2.45) is 7.05 Å². The van der Waals surface area contributed by atoms with Crippen molar-refractivity contribution in [2.75, 3.05) is 18.4 Å². The minimum Gasteiger partial charge on any atom is -0.385 e. The van der Waals surface area contributed by atoms with Gasteiger partial charge in [0.25, 0.3) is 5.91 Å². The normalized spacial score (nSPS) is 10.3. The minimum atomic E-state index is -0.160. The second-order valence-electron chi connectivity index (χ2n) is 4.41. The molecule has 106 valence electrons. The van der Waals surface area contributed by atoms with E-state index in [1.807, 2.05) is 26.1 Å². The Balaban J connectivity index is 1.88. The number of anilines is 1. The average Bonchev–Trinajstić information content (AvgIpc) is 2.85. The third kappa shape index (κ3) is 3.57. The summed E-state index contributed by atoms with van der Waals surface area (Å²) in [4.78, 5) is 16.1. The number of pyridine rings is 1. The molecule has 2 rings (SSSR count). The Kier molecular flexibility index (Phi) is 4.70. The molecule has 0 fully saturated rings. The number of aryl methyl sites for hydroxylation is 1. The molecule has 20 heavy (non-hydrogen) atoms. The van der Waals surface area contributed by atoms with E-state index in [9.17, 15) is 4.79 Å². The molecule has 2 aromatic heterocycles. The van der Waals surface area contributed by atoms with Crippen LogP contribution >= 0.6 is 0 Å². The van der Waals surface area contributed by atoms with Crippen LogP contribution in [0.4, 0.5) is 5.69 Å². The summed E-state index contributed by atoms with van der Waals surface area (Å²) in [5, 5.41) is 10.1. The maximum Gasteiger partial charge on any atom is 0.269 e. The van der Waals surface area contributed by atoms with Crippen molar-refractivity contribution in [3.05, 3.63) is 42.0 Å². The maximum atomic E-state index is 12.0. The lowest BCUT2D eigenvalue weighted by atomic mass is 10.2. The molecule has 2 heterocycles. The first kappa shape index (κ1) is 14.0. The smallest absolute Gasteiger partial charge is 0.269 e. The molecular weight excluding hydrogens is 254 g/mol. The summed E-state index contributed by atoms with van der Waals surface area (Å²) in [7, 11) is 1.89. The number of hydrogen-bond acceptors (Lipinski definition) is 4. The summed E-state index contributed by atoms with van der Waals surface area (Å²) in [6, 6.07) is 5.54. The molecule has 0 saturated carbocycles. The number of aromatic nitrogens is 3. The summed E-state index contributed by atoms with van der Waals surface area (Å²) < 4.78 is 1.80. The molecule has 2 aromatic rings. The molecule has 0 unspecified atom stereocenters. The Bertz CT molecular complexity index is 578. The Morgan fingerprint density at radius 1 is 1.35 bits per heavy atom. The number of carbonyl (C=O) groups is 1. The molecule has 1 amide bonds. The molecule has 2 N–H and O–H groups in total. The standard InChI is InChI=1S/C14H19N5O/c1-3-15-11-4-7-16-13(10-11)14(20)17-8-5-12-6-9-18-19(12)2/h4,6-7,9-10H,3,5,8H2,1-2H3,(H,15,16)(H,17,20). The summed E-state index contributed by atoms with van der Waals surface area (Å²) >= 11 is 0. The maximum absolute atomic E-state index is 12.0. The Morgan fingerprint density at radius 2 is 2.20 bits per heavy atom. The van der Waals surface area contributed by atoms with Gasteiger partial charge in [-0.25, -0.2) is 0 Å². The van der Waals surface area contributed by atoms with Gasteiger partial charge < -0.3 is 10.6 Å². The second kappa shape index (κ2) is 6.70. The van der Waals surface area contributed by atoms with Gasteiger partial charge in [0.15, 0.2) is 0 Å². The fourth-order valence-corrected chi connectivity index (χ4v) is 1.91. The van der Waals surface area contributed by atoms with Crippen LogP contribution in [0.5, 0.6) is 0 Å². The summed E-state index contributed by atoms with van der Waals surface area (Å²) in [5.74, 6) is -0.160. The molecule has 0 aliphatic rings. The summed E-state index contributed by atoms with van der Waals surface area (Å²) in [6.07, 6.45) is 4.13. The van der Waals surface area contributed by atoms with Crippen molar-refractivity contribution in [1.29, 1.82) is 0 Å². The predicted molar refractivity (Wildman–Crippen MR) is 77.6 cm³/mol. The first-order valence-electron chi connectivity index (χ1n) is 6.65. The average molecular weight is 273 g/mol. The highest BCUT2D eigenvalue weighted by Crippen LogP contribution is 2.07. The van der Waals surface area contributed by atoms with Crippen LogP contribution < -0.4 is 10.6 Å². The highest BCUT2D eigenvalue weighted by atomic mass is 16.1. The lowest BCUT2D eigenvalue weighted by molar-refractivity contribution is 0.0949. The molecular formula is C14H19N5O. The van der Waals surface area contributed by atoms with E-state index < -0.39 is 0 Å². The van der Waals surface area contributed by atoms with E-state index in [0.717, 1.165) is 24.3 Å². The molecule has 0 aromatic carbocycles. The van der Waals surface area contributed by atoms with Crippen molar-refractivity contribution < 1.29 is 4.79 Å². The predicted octanol–water partition coefficient (Wildman–Crippen LogP) is 1.22. The van der Waals surface area contributed by atoms with E-state index in [4.69, 9.17) is 0 Å². The molecule has 0 atom stereocenters. The topological polar surface area (TPSA) is 71.8 Å². The van der Waals surface area contributed by atoms with Crippen LogP contribution in [0.2, 0.25) is 0 Å². The fraction of sp³-hybridized carbons (Fsp3) is 0.357. The van der Waals surface area contributed by atoms with Crippen LogP contribution in [0, 0.1) is 0 Å². The van der Waals surface area contributed by atoms with Gasteiger partial charge in [-0.15, -0.1) is 0 Å². The first-order chi connectivity index (χ1) is 9.70. The number of carbonyl (C=O) groups excluding carboxylic acids is 1. The van der Waals surface area contributed by atoms with Gasteiger partial charge in [0.05, 0.1) is 0 Å². The molecule has 0 aliphatic heterocycles. The van der Waals surface area contributed by atoms with Crippen LogP contribution in [-0.2, 0) is 13.5 Å². The summed E-state index contributed by atoms with van der Waals surface area (Å²) in [5.41, 5.74) is 2.41. The van der Waals surface area contributed by atoms with E-state index in [1.54, 1.807) is 23.1 Å². The van der Waals surface area contributed by atoms with Crippen molar-refractivity contribution in [3.63, 3.8) is 0 Å². The van der Waals surface area contributed by atoms with E-state index in [1.165, 1.54) is 0 Å². The lowest BCUT2D eigenvalue weighted by Crippen LogP contribution is -2.27. The van der Waals surface area contributed by atoms with Crippen molar-refractivity contribution in [2.45, 2.75) is 13.3 Å². The van der Waals surface area contributed by atoms with Crippen LogP contribution in [0.15, 0.2) is 30.6 Å². The van der Waals surface area contributed by atoms with E-state index in [0.29, 0.717) is 12.2 Å². The second-order valence-corrected chi connectivity index (χ2v) is 4.41. The highest BCUT2D eigenvalue weighted by Gasteiger charge is 2.07. The van der Waals surface area contributed by atoms with Gasteiger partial charge in [0.2, 0.25) is 0 Å². The number of rotatable bonds is 6. The number of nitrogens with zero attached hydrogens (tertiary/aromatic N) is 3. The van der Waals surface area contributed by atoms with Crippen molar-refractivity contribution in [3.8, 4) is 0 Å². The monoisotopic (exact) mass is 273 g/mol. The highest BCUT2D eigenvalue weighted by molar-refractivity contribution is 5.93. The van der Waals surface area contributed by atoms with Crippen LogP contribution in [0.25, 0.3) is 0 Å². The molecule has 0 radical (unpaired) electrons. The van der Waals surface area contributed by atoms with Gasteiger partial charge in [-0.2, -0.15) is 5.10 Å². The molecule has 6 heteroatoms. The van der Waals surface area contributed by atoms with Gasteiger partial charge >= 0.3 is 0 Å². The molecule has 0 aliphatic carbocycles. The van der Waals surface area contributed by atoms with E-state index in [-0.39, 0.29) is 5.91 Å². The van der Waals surface area contributed by atoms with Crippen molar-refractivity contribution >= 4 is 11.6 Å². The van der Waals surface area contributed by atoms with Gasteiger partial charge in [0.1, 0.15) is 5.69 Å². The van der Waals surface area contributed by atoms with Gasteiger partial charge in [-0.3, -0.25) is 14.5 Å². The Labute approximate surface area is 118 Å². The molecule has 0 bridgehead atoms. The SMILES string of the molecule is CCNc1ccnc(C(=O)NCCc2ccnn2C)c1. The van der Waals surface area contributed by atoms with Crippen LogP contribution in [0.1, 0.15) is 23.1 Å². The molecule has 6 nitrogen and oxygen atoms in total. The number of hydrogen-bond donors (Lipinski definition) is 2. The molecule has 0 saturated heterocycles. The van der Waals surface area contributed by atoms with E-state index in [2.05, 4.69) is 20.7 Å². The first-order valence-corrected chi connectivity index (χ1v) is 6.65.